The highest BCUT2D eigenvalue weighted by Gasteiger charge is 2.30. The summed E-state index contributed by atoms with van der Waals surface area (Å²) >= 11 is 0. The van der Waals surface area contributed by atoms with Gasteiger partial charge in [-0.25, -0.2) is 23.7 Å². The van der Waals surface area contributed by atoms with Gasteiger partial charge in [-0.2, -0.15) is 9.37 Å². The van der Waals surface area contributed by atoms with Gasteiger partial charge in [0.2, 0.25) is 0 Å². The largest absolute Gasteiger partial charge is 0.353 e. The Morgan fingerprint density at radius 3 is 2.72 bits per heavy atom. The number of pyridine rings is 3. The normalized spacial score (nSPS) is 18.0. The van der Waals surface area contributed by atoms with E-state index >= 15 is 0 Å². The number of hydrogen-bond acceptors (Lipinski definition) is 8. The molecular formula is C25H23F3N8. The number of hydrogen-bond donors (Lipinski definition) is 2. The van der Waals surface area contributed by atoms with Crippen LogP contribution in [0, 0.1) is 17.6 Å². The Morgan fingerprint density at radius 1 is 1.06 bits per heavy atom. The minimum atomic E-state index is -1.40. The van der Waals surface area contributed by atoms with Crippen molar-refractivity contribution in [2.75, 3.05) is 29.9 Å². The van der Waals surface area contributed by atoms with Gasteiger partial charge in [0, 0.05) is 55.1 Å². The third-order valence-corrected chi connectivity index (χ3v) is 6.45. The Kier molecular flexibility index (Phi) is 5.63. The molecule has 4 aromatic heterocycles. The molecule has 0 bridgehead atoms. The van der Waals surface area contributed by atoms with Gasteiger partial charge in [0.1, 0.15) is 11.6 Å². The highest BCUT2D eigenvalue weighted by atomic mass is 19.2. The summed E-state index contributed by atoms with van der Waals surface area (Å²) in [6.45, 7) is 4.61. The number of nitrogens with zero attached hydrogens (tertiary/aromatic N) is 6. The summed E-state index contributed by atoms with van der Waals surface area (Å²) in [5.74, 6) is -2.26. The van der Waals surface area contributed by atoms with Gasteiger partial charge in [0.25, 0.3) is 5.95 Å². The summed E-state index contributed by atoms with van der Waals surface area (Å²) < 4.78 is 40.9. The lowest BCUT2D eigenvalue weighted by Gasteiger charge is -2.33. The molecule has 11 heteroatoms. The number of fused-ring (bicyclic) bond motifs is 1. The van der Waals surface area contributed by atoms with Crippen molar-refractivity contribution in [3.63, 3.8) is 0 Å². The molecule has 0 radical (unpaired) electrons. The first kappa shape index (κ1) is 22.6. The van der Waals surface area contributed by atoms with E-state index in [1.807, 2.05) is 6.20 Å². The van der Waals surface area contributed by atoms with Crippen molar-refractivity contribution >= 4 is 28.4 Å². The second-order valence-corrected chi connectivity index (χ2v) is 9.22. The molecule has 36 heavy (non-hydrogen) atoms. The molecular weight excluding hydrogens is 469 g/mol. The number of anilines is 3. The molecule has 0 aromatic carbocycles. The van der Waals surface area contributed by atoms with E-state index in [1.54, 1.807) is 18.3 Å². The van der Waals surface area contributed by atoms with Gasteiger partial charge in [0.15, 0.2) is 23.3 Å². The van der Waals surface area contributed by atoms with Crippen LogP contribution in [0.4, 0.5) is 30.6 Å². The average molecular weight is 493 g/mol. The first-order valence-electron chi connectivity index (χ1n) is 11.8. The number of rotatable bonds is 5. The summed E-state index contributed by atoms with van der Waals surface area (Å²) in [6, 6.07) is 4.11. The molecule has 2 N–H and O–H groups in total. The summed E-state index contributed by atoms with van der Waals surface area (Å²) in [6.07, 6.45) is 7.45. The predicted octanol–water partition coefficient (Wildman–Crippen LogP) is 4.32. The minimum absolute atomic E-state index is 0.191. The van der Waals surface area contributed by atoms with E-state index in [0.717, 1.165) is 49.2 Å². The van der Waals surface area contributed by atoms with Gasteiger partial charge in [-0.1, -0.05) is 0 Å². The molecule has 0 unspecified atom stereocenters. The predicted molar refractivity (Wildman–Crippen MR) is 130 cm³/mol. The van der Waals surface area contributed by atoms with E-state index in [-0.39, 0.29) is 5.82 Å². The SMILES string of the molecule is C[C@H]1CN(c2nc(-c3ccnc(Nc4nc(F)c(F)cc4F)c3)nc3cncc(C4CC4)c23)CCN1. The fourth-order valence-electron chi connectivity index (χ4n) is 4.57. The van der Waals surface area contributed by atoms with Crippen molar-refractivity contribution < 1.29 is 13.2 Å². The number of halogens is 3. The van der Waals surface area contributed by atoms with Crippen molar-refractivity contribution in [1.29, 1.82) is 0 Å². The molecule has 0 amide bonds. The third-order valence-electron chi connectivity index (χ3n) is 6.45. The van der Waals surface area contributed by atoms with Crippen LogP contribution in [0.3, 0.4) is 0 Å². The molecule has 184 valence electrons. The zero-order valence-electron chi connectivity index (χ0n) is 19.5. The number of nitrogens with one attached hydrogen (secondary N) is 2. The summed E-state index contributed by atoms with van der Waals surface area (Å²) in [7, 11) is 0. The maximum atomic E-state index is 14.1. The Hall–Kier alpha value is -3.86. The molecule has 1 saturated carbocycles. The molecule has 1 saturated heterocycles. The first-order chi connectivity index (χ1) is 17.5. The number of aromatic nitrogens is 5. The van der Waals surface area contributed by atoms with Crippen LogP contribution in [0.2, 0.25) is 0 Å². The highest BCUT2D eigenvalue weighted by molar-refractivity contribution is 5.94. The van der Waals surface area contributed by atoms with Crippen LogP contribution in [0.1, 0.15) is 31.2 Å². The Labute approximate surface area is 205 Å². The summed E-state index contributed by atoms with van der Waals surface area (Å²) in [4.78, 5) is 24.0. The lowest BCUT2D eigenvalue weighted by Crippen LogP contribution is -2.49. The van der Waals surface area contributed by atoms with Gasteiger partial charge in [0.05, 0.1) is 11.7 Å². The second kappa shape index (κ2) is 8.98. The fourth-order valence-corrected chi connectivity index (χ4v) is 4.57. The Balaban J connectivity index is 1.43. The van der Waals surface area contributed by atoms with Gasteiger partial charge >= 0.3 is 0 Å². The third kappa shape index (κ3) is 4.30. The van der Waals surface area contributed by atoms with Crippen LogP contribution < -0.4 is 15.5 Å². The van der Waals surface area contributed by atoms with E-state index in [9.17, 15) is 13.2 Å². The zero-order valence-corrected chi connectivity index (χ0v) is 19.5. The van der Waals surface area contributed by atoms with Gasteiger partial charge in [-0.3, -0.25) is 4.98 Å². The van der Waals surface area contributed by atoms with Gasteiger partial charge in [-0.05, 0) is 43.4 Å². The van der Waals surface area contributed by atoms with Gasteiger partial charge < -0.3 is 15.5 Å². The Morgan fingerprint density at radius 2 is 1.92 bits per heavy atom. The van der Waals surface area contributed by atoms with E-state index in [4.69, 9.17) is 9.97 Å². The van der Waals surface area contributed by atoms with Crippen LogP contribution >= 0.6 is 0 Å². The molecule has 5 heterocycles. The van der Waals surface area contributed by atoms with Crippen molar-refractivity contribution in [3.05, 3.63) is 59.9 Å². The maximum absolute atomic E-state index is 14.1. The molecule has 2 fully saturated rings. The van der Waals surface area contributed by atoms with Crippen molar-refractivity contribution in [3.8, 4) is 11.4 Å². The zero-order chi connectivity index (χ0) is 24.8. The van der Waals surface area contributed by atoms with E-state index in [1.165, 1.54) is 11.8 Å². The molecule has 6 rings (SSSR count). The summed E-state index contributed by atoms with van der Waals surface area (Å²) in [5.41, 5.74) is 2.56. The fraction of sp³-hybridized carbons (Fsp3) is 0.320. The molecule has 8 nitrogen and oxygen atoms in total. The molecule has 4 aromatic rings. The lowest BCUT2D eigenvalue weighted by atomic mass is 10.1. The van der Waals surface area contributed by atoms with Gasteiger partial charge in [-0.15, -0.1) is 0 Å². The van der Waals surface area contributed by atoms with Crippen LogP contribution in [0.5, 0.6) is 0 Å². The molecule has 1 aliphatic carbocycles. The number of piperazine rings is 1. The summed E-state index contributed by atoms with van der Waals surface area (Å²) in [5, 5.41) is 7.11. The maximum Gasteiger partial charge on any atom is 0.251 e. The average Bonchev–Trinajstić information content (AvgIpc) is 3.72. The highest BCUT2D eigenvalue weighted by Crippen LogP contribution is 2.45. The van der Waals surface area contributed by atoms with Crippen molar-refractivity contribution in [2.24, 2.45) is 0 Å². The van der Waals surface area contributed by atoms with Crippen LogP contribution in [-0.2, 0) is 0 Å². The quantitative estimate of drug-likeness (QED) is 0.398. The standard InChI is InChI=1S/C25H23F3N8/c1-13-12-36(7-6-30-13)25-21-16(14-2-3-14)10-29-11-19(21)32-23(35-25)15-4-5-31-20(8-15)33-24-18(27)9-17(26)22(28)34-24/h4-5,8-11,13-14,30H,2-3,6-7,12H2,1H3,(H,31,33,34)/t13-/m0/s1. The minimum Gasteiger partial charge on any atom is -0.353 e. The second-order valence-electron chi connectivity index (χ2n) is 9.22. The van der Waals surface area contributed by atoms with E-state index in [2.05, 4.69) is 37.4 Å². The lowest BCUT2D eigenvalue weighted by molar-refractivity contribution is 0.467. The monoisotopic (exact) mass is 492 g/mol. The molecule has 0 spiro atoms. The molecule has 2 aliphatic rings. The van der Waals surface area contributed by atoms with E-state index < -0.39 is 23.4 Å². The van der Waals surface area contributed by atoms with Crippen molar-refractivity contribution in [2.45, 2.75) is 31.7 Å². The molecule has 1 aliphatic heterocycles. The van der Waals surface area contributed by atoms with E-state index in [0.29, 0.717) is 29.4 Å². The smallest absolute Gasteiger partial charge is 0.251 e. The molecule has 1 atom stereocenters. The van der Waals surface area contributed by atoms with Crippen molar-refractivity contribution in [1.82, 2.24) is 30.2 Å². The van der Waals surface area contributed by atoms with Crippen LogP contribution in [0.15, 0.2) is 36.8 Å². The first-order valence-corrected chi connectivity index (χ1v) is 11.8. The van der Waals surface area contributed by atoms with Crippen LogP contribution in [0.25, 0.3) is 22.3 Å². The Bertz CT molecular complexity index is 1460. The van der Waals surface area contributed by atoms with Crippen LogP contribution in [-0.4, -0.2) is 50.6 Å². The topological polar surface area (TPSA) is 91.8 Å².